The number of aromatic nitrogens is 5. The third kappa shape index (κ3) is 4.66. The lowest BCUT2D eigenvalue weighted by Crippen LogP contribution is -2.11. The summed E-state index contributed by atoms with van der Waals surface area (Å²) in [5.74, 6) is 0.232. The molecule has 0 radical (unpaired) electrons. The molecule has 1 saturated carbocycles. The number of carbonyl (C=O) groups is 1. The van der Waals surface area contributed by atoms with E-state index in [1.807, 2.05) is 48.5 Å². The molecule has 2 N–H and O–H groups in total. The Morgan fingerprint density at radius 1 is 1.17 bits per heavy atom. The highest BCUT2D eigenvalue weighted by Gasteiger charge is 2.27. The predicted octanol–water partition coefficient (Wildman–Crippen LogP) is 5.82. The molecule has 0 atom stereocenters. The van der Waals surface area contributed by atoms with Gasteiger partial charge in [-0.25, -0.2) is 9.78 Å². The van der Waals surface area contributed by atoms with Crippen LogP contribution in [0.25, 0.3) is 28.0 Å². The summed E-state index contributed by atoms with van der Waals surface area (Å²) < 4.78 is 7.06. The van der Waals surface area contributed by atoms with E-state index in [1.165, 1.54) is 18.9 Å². The summed E-state index contributed by atoms with van der Waals surface area (Å²) in [4.78, 5) is 20.1. The third-order valence-electron chi connectivity index (χ3n) is 6.11. The van der Waals surface area contributed by atoms with Gasteiger partial charge in [0.05, 0.1) is 28.9 Å². The van der Waals surface area contributed by atoms with E-state index in [1.54, 1.807) is 0 Å². The molecule has 2 aromatic heterocycles. The first-order chi connectivity index (χ1) is 17.1. The van der Waals surface area contributed by atoms with Crippen LogP contribution in [0.4, 0.5) is 0 Å². The van der Waals surface area contributed by atoms with Gasteiger partial charge in [-0.3, -0.25) is 4.57 Å². The number of nitrogens with zero attached hydrogens (tertiary/aromatic N) is 4. The zero-order chi connectivity index (χ0) is 24.4. The smallest absolute Gasteiger partial charge is 0.345 e. The number of aliphatic hydroxyl groups is 1. The second kappa shape index (κ2) is 10.1. The van der Waals surface area contributed by atoms with Crippen LogP contribution in [0.2, 0.25) is 5.02 Å². The van der Waals surface area contributed by atoms with E-state index in [0.29, 0.717) is 21.5 Å². The van der Waals surface area contributed by atoms with E-state index in [2.05, 4.69) is 24.7 Å². The number of thioether (sulfide) groups is 1. The van der Waals surface area contributed by atoms with Gasteiger partial charge in [0.2, 0.25) is 0 Å². The number of aliphatic hydroxyl groups excluding tert-OH is 1. The summed E-state index contributed by atoms with van der Waals surface area (Å²) in [6.07, 6.45) is 4.33. The molecule has 4 aromatic rings. The van der Waals surface area contributed by atoms with E-state index >= 15 is 0 Å². The fourth-order valence-corrected chi connectivity index (χ4v) is 5.53. The second-order valence-electron chi connectivity index (χ2n) is 8.30. The number of esters is 1. The van der Waals surface area contributed by atoms with Crippen LogP contribution in [0.15, 0.2) is 59.4 Å². The summed E-state index contributed by atoms with van der Waals surface area (Å²) in [7, 11) is 1.28. The molecule has 0 amide bonds. The highest BCUT2D eigenvalue weighted by Crippen LogP contribution is 2.38. The number of carbonyl (C=O) groups excluding carboxylic acids is 1. The van der Waals surface area contributed by atoms with Gasteiger partial charge >= 0.3 is 5.97 Å². The lowest BCUT2D eigenvalue weighted by Gasteiger charge is -2.17. The van der Waals surface area contributed by atoms with Crippen molar-refractivity contribution in [3.63, 3.8) is 0 Å². The van der Waals surface area contributed by atoms with Gasteiger partial charge < -0.3 is 14.8 Å². The van der Waals surface area contributed by atoms with Crippen LogP contribution in [0.1, 0.15) is 37.5 Å². The van der Waals surface area contributed by atoms with Crippen LogP contribution in [-0.4, -0.2) is 48.7 Å². The number of imidazole rings is 1. The van der Waals surface area contributed by atoms with E-state index in [9.17, 15) is 9.90 Å². The van der Waals surface area contributed by atoms with E-state index in [-0.39, 0.29) is 29.0 Å². The Morgan fingerprint density at radius 2 is 1.91 bits per heavy atom. The summed E-state index contributed by atoms with van der Waals surface area (Å²) >= 11 is 7.78. The fourth-order valence-electron chi connectivity index (χ4n) is 4.42. The Bertz CT molecular complexity index is 1370. The van der Waals surface area contributed by atoms with Crippen molar-refractivity contribution in [2.24, 2.45) is 0 Å². The molecule has 0 saturated heterocycles. The van der Waals surface area contributed by atoms with Crippen molar-refractivity contribution in [3.05, 3.63) is 65.1 Å². The molecule has 2 heterocycles. The van der Waals surface area contributed by atoms with Crippen LogP contribution in [0.5, 0.6) is 0 Å². The summed E-state index contributed by atoms with van der Waals surface area (Å²) in [5, 5.41) is 21.1. The lowest BCUT2D eigenvalue weighted by atomic mass is 10.2. The molecule has 180 valence electrons. The predicted molar refractivity (Wildman–Crippen MR) is 136 cm³/mol. The van der Waals surface area contributed by atoms with Crippen molar-refractivity contribution in [1.29, 1.82) is 0 Å². The fraction of sp³-hybridized carbons (Fsp3) is 0.280. The molecular weight excluding hydrogens is 486 g/mol. The summed E-state index contributed by atoms with van der Waals surface area (Å²) in [6, 6.07) is 15.2. The van der Waals surface area contributed by atoms with Crippen molar-refractivity contribution in [3.8, 4) is 11.4 Å². The number of methoxy groups -OCH3 is 1. The molecule has 2 aromatic carbocycles. The molecule has 0 spiro atoms. The number of para-hydroxylation sites is 2. The minimum Gasteiger partial charge on any atom is -0.510 e. The van der Waals surface area contributed by atoms with Crippen LogP contribution in [0.3, 0.4) is 0 Å². The molecule has 35 heavy (non-hydrogen) atoms. The second-order valence-corrected chi connectivity index (χ2v) is 9.65. The first-order valence-corrected chi connectivity index (χ1v) is 12.7. The van der Waals surface area contributed by atoms with E-state index in [0.717, 1.165) is 36.8 Å². The zero-order valence-electron chi connectivity index (χ0n) is 19.1. The van der Waals surface area contributed by atoms with Crippen molar-refractivity contribution in [2.75, 3.05) is 12.9 Å². The van der Waals surface area contributed by atoms with Gasteiger partial charge in [0.25, 0.3) is 0 Å². The first-order valence-electron chi connectivity index (χ1n) is 11.3. The largest absolute Gasteiger partial charge is 0.510 e. The number of hydrogen-bond donors (Lipinski definition) is 2. The third-order valence-corrected chi connectivity index (χ3v) is 7.40. The molecule has 8 nitrogen and oxygen atoms in total. The molecule has 0 unspecified atom stereocenters. The van der Waals surface area contributed by atoms with Gasteiger partial charge in [-0.15, -0.1) is 10.2 Å². The number of H-pyrrole nitrogens is 1. The SMILES string of the molecule is COC(=O)/C(=C(/O)CSc1nnc(-c2ccccc2Cl)n1C1CCCC1)c1nc2ccccc2[nH]1. The van der Waals surface area contributed by atoms with Crippen molar-refractivity contribution >= 4 is 45.9 Å². The molecule has 0 bridgehead atoms. The van der Waals surface area contributed by atoms with Crippen molar-refractivity contribution in [1.82, 2.24) is 24.7 Å². The lowest BCUT2D eigenvalue weighted by molar-refractivity contribution is -0.133. The van der Waals surface area contributed by atoms with Crippen LogP contribution < -0.4 is 0 Å². The van der Waals surface area contributed by atoms with Gasteiger partial charge in [0, 0.05) is 11.6 Å². The number of halogens is 1. The van der Waals surface area contributed by atoms with Crippen LogP contribution >= 0.6 is 23.4 Å². The van der Waals surface area contributed by atoms with Crippen LogP contribution in [-0.2, 0) is 9.53 Å². The number of benzene rings is 2. The maximum Gasteiger partial charge on any atom is 0.345 e. The van der Waals surface area contributed by atoms with Gasteiger partial charge in [-0.2, -0.15) is 0 Å². The molecule has 5 rings (SSSR count). The average molecular weight is 510 g/mol. The minimum atomic E-state index is -0.670. The summed E-state index contributed by atoms with van der Waals surface area (Å²) in [6.45, 7) is 0. The monoisotopic (exact) mass is 509 g/mol. The maximum atomic E-state index is 12.6. The number of hydrogen-bond acceptors (Lipinski definition) is 7. The van der Waals surface area contributed by atoms with Gasteiger partial charge in [0.15, 0.2) is 11.0 Å². The molecule has 10 heteroatoms. The average Bonchev–Trinajstić information content (AvgIpc) is 3.62. The maximum absolute atomic E-state index is 12.6. The van der Waals surface area contributed by atoms with Crippen LogP contribution in [0, 0.1) is 0 Å². The van der Waals surface area contributed by atoms with Gasteiger partial charge in [-0.05, 0) is 37.1 Å². The van der Waals surface area contributed by atoms with Gasteiger partial charge in [-0.1, -0.05) is 60.5 Å². The topological polar surface area (TPSA) is 106 Å². The molecule has 1 aliphatic rings. The van der Waals surface area contributed by atoms with Gasteiger partial charge in [0.1, 0.15) is 17.2 Å². The Kier molecular flexibility index (Phi) is 6.79. The number of rotatable bonds is 7. The Morgan fingerprint density at radius 3 is 2.66 bits per heavy atom. The number of aromatic amines is 1. The van der Waals surface area contributed by atoms with Crippen molar-refractivity contribution < 1.29 is 14.6 Å². The Labute approximate surface area is 211 Å². The Hall–Kier alpha value is -3.30. The first kappa shape index (κ1) is 23.4. The quantitative estimate of drug-likeness (QED) is 0.140. The summed E-state index contributed by atoms with van der Waals surface area (Å²) in [5.41, 5.74) is 2.26. The van der Waals surface area contributed by atoms with Crippen molar-refractivity contribution in [2.45, 2.75) is 36.9 Å². The molecular formula is C25H24ClN5O3S. The zero-order valence-corrected chi connectivity index (χ0v) is 20.6. The minimum absolute atomic E-state index is 0.00513. The standard InChI is InChI=1S/C25H24ClN5O3S/c1-34-24(33)21(22-27-18-12-6-7-13-19(18)28-22)20(32)14-35-25-30-29-23(16-10-4-5-11-17(16)26)31(25)15-8-2-3-9-15/h4-7,10-13,15,32H,2-3,8-9,14H2,1H3,(H,27,28)/b21-20+. The molecule has 0 aliphatic heterocycles. The Balaban J connectivity index is 1.49. The number of ether oxygens (including phenoxy) is 1. The molecule has 1 aliphatic carbocycles. The number of nitrogens with one attached hydrogen (secondary N) is 1. The highest BCUT2D eigenvalue weighted by atomic mass is 35.5. The molecule has 1 fully saturated rings. The highest BCUT2D eigenvalue weighted by molar-refractivity contribution is 7.99. The van der Waals surface area contributed by atoms with E-state index < -0.39 is 5.97 Å². The number of fused-ring (bicyclic) bond motifs is 1. The van der Waals surface area contributed by atoms with E-state index in [4.69, 9.17) is 16.3 Å². The normalized spacial score (nSPS) is 14.9.